The van der Waals surface area contributed by atoms with Crippen molar-refractivity contribution in [1.82, 2.24) is 9.78 Å². The number of aliphatic carboxylic acids is 1. The highest BCUT2D eigenvalue weighted by Gasteiger charge is 2.38. The highest BCUT2D eigenvalue weighted by Crippen LogP contribution is 2.44. The Hall–Kier alpha value is -4.68. The minimum absolute atomic E-state index is 0.0316. The van der Waals surface area contributed by atoms with Crippen molar-refractivity contribution in [2.45, 2.75) is 10.6 Å². The Labute approximate surface area is 216 Å². The van der Waals surface area contributed by atoms with Crippen molar-refractivity contribution in [3.63, 3.8) is 0 Å². The standard InChI is InChI=1S/C28H20N4O4S/c29-15-21(28(36)31(16-24(33)34)18-9-3-1-4-10-18)27(35)25-22-17-37-23-14-8-7-13-20(23)26(22)32(30-25)19-11-5-2-6-12-19/h1-14,21H,16-17H2,(H,33,34). The predicted octanol–water partition coefficient (Wildman–Crippen LogP) is 4.59. The van der Waals surface area contributed by atoms with Gasteiger partial charge in [0, 0.05) is 27.5 Å². The van der Waals surface area contributed by atoms with E-state index in [1.807, 2.05) is 60.7 Å². The van der Waals surface area contributed by atoms with Gasteiger partial charge in [0.2, 0.25) is 5.78 Å². The van der Waals surface area contributed by atoms with Gasteiger partial charge in [-0.25, -0.2) is 4.68 Å². The summed E-state index contributed by atoms with van der Waals surface area (Å²) in [7, 11) is 0. The summed E-state index contributed by atoms with van der Waals surface area (Å²) in [5.41, 5.74) is 3.32. The van der Waals surface area contributed by atoms with Crippen LogP contribution in [0.2, 0.25) is 0 Å². The van der Waals surface area contributed by atoms with Crippen molar-refractivity contribution >= 4 is 35.1 Å². The lowest BCUT2D eigenvalue weighted by Gasteiger charge is -2.22. The molecule has 0 saturated carbocycles. The molecular formula is C28H20N4O4S. The molecule has 8 nitrogen and oxygen atoms in total. The van der Waals surface area contributed by atoms with Crippen molar-refractivity contribution < 1.29 is 19.5 Å². The lowest BCUT2D eigenvalue weighted by atomic mass is 9.96. The maximum Gasteiger partial charge on any atom is 0.323 e. The number of hydrogen-bond acceptors (Lipinski definition) is 6. The van der Waals surface area contributed by atoms with E-state index in [0.29, 0.717) is 11.3 Å². The van der Waals surface area contributed by atoms with Crippen molar-refractivity contribution in [3.05, 3.63) is 96.2 Å². The molecule has 1 atom stereocenters. The molecule has 182 valence electrons. The van der Waals surface area contributed by atoms with E-state index in [0.717, 1.165) is 26.7 Å². The number of rotatable bonds is 7. The number of para-hydroxylation sites is 2. The molecule has 5 rings (SSSR count). The monoisotopic (exact) mass is 508 g/mol. The van der Waals surface area contributed by atoms with Crippen molar-refractivity contribution in [2.75, 3.05) is 11.4 Å². The number of carboxylic acid groups (broad SMARTS) is 1. The first-order chi connectivity index (χ1) is 18.0. The number of anilines is 1. The SMILES string of the molecule is N#CC(C(=O)c1nn(-c2ccccc2)c2c1CSc1ccccc1-2)C(=O)N(CC(=O)O)c1ccccc1. The molecule has 1 aliphatic heterocycles. The summed E-state index contributed by atoms with van der Waals surface area (Å²) in [6.45, 7) is -0.686. The third-order valence-corrected chi connectivity index (χ3v) is 7.10. The summed E-state index contributed by atoms with van der Waals surface area (Å²) in [4.78, 5) is 40.7. The van der Waals surface area contributed by atoms with Gasteiger partial charge < -0.3 is 5.11 Å². The maximum atomic E-state index is 13.8. The van der Waals surface area contributed by atoms with Gasteiger partial charge in [0.15, 0.2) is 5.92 Å². The van der Waals surface area contributed by atoms with Crippen molar-refractivity contribution in [2.24, 2.45) is 5.92 Å². The fourth-order valence-corrected chi connectivity index (χ4v) is 5.38. The van der Waals surface area contributed by atoms with Crippen LogP contribution in [0, 0.1) is 17.2 Å². The summed E-state index contributed by atoms with van der Waals surface area (Å²) < 4.78 is 1.67. The first-order valence-electron chi connectivity index (χ1n) is 11.4. The van der Waals surface area contributed by atoms with E-state index in [1.54, 1.807) is 46.8 Å². The number of ketones is 1. The van der Waals surface area contributed by atoms with Crippen LogP contribution in [-0.2, 0) is 15.3 Å². The smallest absolute Gasteiger partial charge is 0.323 e. The average Bonchev–Trinajstić information content (AvgIpc) is 3.33. The molecule has 9 heteroatoms. The van der Waals surface area contributed by atoms with Crippen LogP contribution >= 0.6 is 11.8 Å². The molecule has 1 aliphatic rings. The number of nitrogens with zero attached hydrogens (tertiary/aromatic N) is 4. The molecule has 2 heterocycles. The van der Waals surface area contributed by atoms with E-state index in [1.165, 1.54) is 0 Å². The van der Waals surface area contributed by atoms with E-state index in [9.17, 15) is 24.8 Å². The van der Waals surface area contributed by atoms with E-state index in [-0.39, 0.29) is 11.4 Å². The van der Waals surface area contributed by atoms with E-state index in [4.69, 9.17) is 0 Å². The van der Waals surface area contributed by atoms with E-state index < -0.39 is 30.1 Å². The number of aromatic nitrogens is 2. The first kappa shape index (κ1) is 24.0. The summed E-state index contributed by atoms with van der Waals surface area (Å²) in [6, 6.07) is 27.1. The molecule has 0 bridgehead atoms. The van der Waals surface area contributed by atoms with Crippen molar-refractivity contribution in [1.29, 1.82) is 5.26 Å². The third-order valence-electron chi connectivity index (χ3n) is 6.00. The Morgan fingerprint density at radius 3 is 2.32 bits per heavy atom. The molecule has 0 fully saturated rings. The minimum atomic E-state index is -1.76. The summed E-state index contributed by atoms with van der Waals surface area (Å²) in [6.07, 6.45) is 0. The van der Waals surface area contributed by atoms with Gasteiger partial charge in [0.25, 0.3) is 5.91 Å². The van der Waals surface area contributed by atoms with Gasteiger partial charge in [0.1, 0.15) is 12.2 Å². The van der Waals surface area contributed by atoms with Crippen LogP contribution < -0.4 is 4.90 Å². The maximum absolute atomic E-state index is 13.8. The molecular weight excluding hydrogens is 488 g/mol. The zero-order valence-electron chi connectivity index (χ0n) is 19.4. The number of thioether (sulfide) groups is 1. The highest BCUT2D eigenvalue weighted by atomic mass is 32.2. The Morgan fingerprint density at radius 2 is 1.65 bits per heavy atom. The summed E-state index contributed by atoms with van der Waals surface area (Å²) in [5, 5.41) is 24.0. The van der Waals surface area contributed by atoms with Crippen LogP contribution in [-0.4, -0.2) is 39.1 Å². The quantitative estimate of drug-likeness (QED) is 0.287. The first-order valence-corrected chi connectivity index (χ1v) is 12.4. The second-order valence-electron chi connectivity index (χ2n) is 8.29. The lowest BCUT2D eigenvalue weighted by Crippen LogP contribution is -2.42. The van der Waals surface area contributed by atoms with Gasteiger partial charge in [-0.15, -0.1) is 11.8 Å². The number of nitriles is 1. The average molecular weight is 509 g/mol. The van der Waals surface area contributed by atoms with Gasteiger partial charge in [-0.1, -0.05) is 54.6 Å². The molecule has 1 N–H and O–H groups in total. The van der Waals surface area contributed by atoms with Crippen molar-refractivity contribution in [3.8, 4) is 23.0 Å². The number of carbonyl (C=O) groups is 3. The zero-order chi connectivity index (χ0) is 25.9. The second kappa shape index (κ2) is 10.1. The van der Waals surface area contributed by atoms with Crippen LogP contribution in [0.1, 0.15) is 16.1 Å². The zero-order valence-corrected chi connectivity index (χ0v) is 20.3. The lowest BCUT2D eigenvalue weighted by molar-refractivity contribution is -0.136. The van der Waals surface area contributed by atoms with Crippen LogP contribution in [0.4, 0.5) is 5.69 Å². The van der Waals surface area contributed by atoms with Gasteiger partial charge >= 0.3 is 5.97 Å². The van der Waals surface area contributed by atoms with Gasteiger partial charge in [0.05, 0.1) is 17.5 Å². The molecule has 1 amide bonds. The van der Waals surface area contributed by atoms with E-state index >= 15 is 0 Å². The molecule has 1 unspecified atom stereocenters. The number of fused-ring (bicyclic) bond motifs is 3. The molecule has 0 spiro atoms. The second-order valence-corrected chi connectivity index (χ2v) is 9.31. The number of benzene rings is 3. The molecule has 37 heavy (non-hydrogen) atoms. The van der Waals surface area contributed by atoms with Crippen LogP contribution in [0.3, 0.4) is 0 Å². The van der Waals surface area contributed by atoms with Crippen LogP contribution in [0.15, 0.2) is 89.8 Å². The van der Waals surface area contributed by atoms with Crippen LogP contribution in [0.25, 0.3) is 16.9 Å². The fraction of sp³-hybridized carbons (Fsp3) is 0.107. The molecule has 1 aromatic heterocycles. The summed E-state index contributed by atoms with van der Waals surface area (Å²) in [5.74, 6) is -4.26. The topological polar surface area (TPSA) is 116 Å². The van der Waals surface area contributed by atoms with Gasteiger partial charge in [-0.3, -0.25) is 19.3 Å². The Balaban J connectivity index is 1.61. The number of Topliss-reactive ketones (excluding diaryl/α,β-unsaturated/α-hetero) is 1. The number of amides is 1. The van der Waals surface area contributed by atoms with Gasteiger partial charge in [-0.05, 0) is 30.3 Å². The molecule has 0 radical (unpaired) electrons. The number of hydrogen-bond donors (Lipinski definition) is 1. The predicted molar refractivity (Wildman–Crippen MR) is 138 cm³/mol. The van der Waals surface area contributed by atoms with E-state index in [2.05, 4.69) is 5.10 Å². The molecule has 0 saturated heterocycles. The van der Waals surface area contributed by atoms with Gasteiger partial charge in [-0.2, -0.15) is 10.4 Å². The Morgan fingerprint density at radius 1 is 1.00 bits per heavy atom. The molecule has 0 aliphatic carbocycles. The third kappa shape index (κ3) is 4.50. The van der Waals surface area contributed by atoms with Crippen LogP contribution in [0.5, 0.6) is 0 Å². The number of carboxylic acids is 1. The largest absolute Gasteiger partial charge is 0.480 e. The normalized spacial score (nSPS) is 12.5. The fourth-order valence-electron chi connectivity index (χ4n) is 4.31. The molecule has 3 aromatic carbocycles. The molecule has 4 aromatic rings. The Kier molecular flexibility index (Phi) is 6.58. The Bertz CT molecular complexity index is 1540. The highest BCUT2D eigenvalue weighted by molar-refractivity contribution is 7.98. The minimum Gasteiger partial charge on any atom is -0.480 e. The number of carbonyl (C=O) groups excluding carboxylic acids is 2. The summed E-state index contributed by atoms with van der Waals surface area (Å²) >= 11 is 1.55.